The third kappa shape index (κ3) is 3.13. The molecule has 1 N–H and O–H groups in total. The lowest BCUT2D eigenvalue weighted by molar-refractivity contribution is -0.113. The molecule has 0 aliphatic rings. The van der Waals surface area contributed by atoms with Crippen LogP contribution >= 0.6 is 11.8 Å². The minimum atomic E-state index is -0.341. The molecule has 0 fully saturated rings. The van der Waals surface area contributed by atoms with Gasteiger partial charge in [0.25, 0.3) is 0 Å². The van der Waals surface area contributed by atoms with E-state index in [0.29, 0.717) is 22.1 Å². The van der Waals surface area contributed by atoms with E-state index >= 15 is 0 Å². The predicted molar refractivity (Wildman–Crippen MR) is 88.0 cm³/mol. The number of carbonyl (C=O) groups excluding carboxylic acids is 1. The van der Waals surface area contributed by atoms with Crippen LogP contribution < -0.4 is 0 Å². The summed E-state index contributed by atoms with van der Waals surface area (Å²) in [6, 6.07) is 9.24. The van der Waals surface area contributed by atoms with Gasteiger partial charge in [-0.05, 0) is 50.2 Å². The van der Waals surface area contributed by atoms with Crippen LogP contribution in [0.2, 0.25) is 0 Å². The maximum absolute atomic E-state index is 13.1. The van der Waals surface area contributed by atoms with E-state index in [2.05, 4.69) is 15.3 Å². The second kappa shape index (κ2) is 6.40. The number of aromatic nitrogens is 4. The van der Waals surface area contributed by atoms with Crippen LogP contribution in [0.15, 0.2) is 52.1 Å². The van der Waals surface area contributed by atoms with Crippen molar-refractivity contribution in [1.82, 2.24) is 19.8 Å². The zero-order valence-corrected chi connectivity index (χ0v) is 13.7. The molecule has 0 saturated carbocycles. The van der Waals surface area contributed by atoms with Crippen LogP contribution in [0, 0.1) is 5.82 Å². The van der Waals surface area contributed by atoms with Crippen LogP contribution in [0.5, 0.6) is 0 Å². The molecule has 6 nitrogen and oxygen atoms in total. The Balaban J connectivity index is 2.04. The fraction of sp³-hybridized carbons (Fsp3) is 0.125. The van der Waals surface area contributed by atoms with Gasteiger partial charge in [0.2, 0.25) is 0 Å². The van der Waals surface area contributed by atoms with Crippen LogP contribution in [0.4, 0.5) is 4.39 Å². The van der Waals surface area contributed by atoms with Gasteiger partial charge in [-0.25, -0.2) is 4.39 Å². The van der Waals surface area contributed by atoms with Gasteiger partial charge in [0.15, 0.2) is 17.3 Å². The Bertz CT molecular complexity index is 946. The first kappa shape index (κ1) is 16.1. The number of benzene rings is 1. The van der Waals surface area contributed by atoms with Gasteiger partial charge in [-0.15, -0.1) is 10.2 Å². The minimum absolute atomic E-state index is 0.0584. The molecule has 122 valence electrons. The molecule has 3 aromatic rings. The zero-order valence-electron chi connectivity index (χ0n) is 12.9. The Morgan fingerprint density at radius 2 is 1.83 bits per heavy atom. The molecule has 2 heterocycles. The van der Waals surface area contributed by atoms with Gasteiger partial charge in [0, 0.05) is 5.56 Å². The molecule has 0 aliphatic carbocycles. The van der Waals surface area contributed by atoms with E-state index in [1.54, 1.807) is 24.3 Å². The van der Waals surface area contributed by atoms with Crippen LogP contribution in [-0.2, 0) is 4.79 Å². The maximum atomic E-state index is 13.1. The molecule has 0 aliphatic heterocycles. The number of carbonyl (C=O) groups is 1. The van der Waals surface area contributed by atoms with Crippen molar-refractivity contribution < 1.29 is 14.3 Å². The number of aliphatic hydroxyl groups excluding tert-OH is 1. The van der Waals surface area contributed by atoms with Gasteiger partial charge in [-0.2, -0.15) is 9.61 Å². The number of nitrogens with zero attached hydrogens (tertiary/aromatic N) is 4. The van der Waals surface area contributed by atoms with Crippen molar-refractivity contribution in [3.63, 3.8) is 0 Å². The molecule has 0 bridgehead atoms. The van der Waals surface area contributed by atoms with Gasteiger partial charge in [0.1, 0.15) is 16.6 Å². The number of hydrogen-bond donors (Lipinski definition) is 1. The number of aliphatic hydroxyl groups is 1. The summed E-state index contributed by atoms with van der Waals surface area (Å²) in [6.45, 7) is 2.83. The first-order chi connectivity index (χ1) is 11.5. The molecular formula is C16H13FN4O2S. The smallest absolute Gasteiger partial charge is 0.185 e. The molecule has 24 heavy (non-hydrogen) atoms. The van der Waals surface area contributed by atoms with E-state index in [1.807, 2.05) is 0 Å². The largest absolute Gasteiger partial charge is 0.511 e. The number of fused-ring (bicyclic) bond motifs is 1. The molecule has 0 atom stereocenters. The van der Waals surface area contributed by atoms with E-state index in [9.17, 15) is 14.3 Å². The average molecular weight is 344 g/mol. The summed E-state index contributed by atoms with van der Waals surface area (Å²) in [5, 5.41) is 22.6. The fourth-order valence-corrected chi connectivity index (χ4v) is 2.87. The Morgan fingerprint density at radius 1 is 1.12 bits per heavy atom. The van der Waals surface area contributed by atoms with Crippen molar-refractivity contribution in [2.75, 3.05) is 0 Å². The summed E-state index contributed by atoms with van der Waals surface area (Å²) in [7, 11) is 0. The van der Waals surface area contributed by atoms with Crippen LogP contribution in [0.3, 0.4) is 0 Å². The number of rotatable bonds is 4. The van der Waals surface area contributed by atoms with E-state index < -0.39 is 0 Å². The number of ketones is 1. The Hall–Kier alpha value is -2.74. The first-order valence-electron chi connectivity index (χ1n) is 7.03. The molecule has 2 aromatic heterocycles. The van der Waals surface area contributed by atoms with Gasteiger partial charge in [0.05, 0.1) is 4.91 Å². The van der Waals surface area contributed by atoms with Gasteiger partial charge < -0.3 is 5.11 Å². The van der Waals surface area contributed by atoms with Crippen molar-refractivity contribution in [3.8, 4) is 11.4 Å². The maximum Gasteiger partial charge on any atom is 0.185 e. The number of halogens is 1. The van der Waals surface area contributed by atoms with Crippen molar-refractivity contribution in [2.24, 2.45) is 0 Å². The summed E-state index contributed by atoms with van der Waals surface area (Å²) in [5.74, 6) is -0.186. The van der Waals surface area contributed by atoms with Gasteiger partial charge in [-0.1, -0.05) is 11.8 Å². The monoisotopic (exact) mass is 344 g/mol. The standard InChI is InChI=1S/C16H13FN4O2S/c1-9(22)15(10(2)23)24-14-8-7-13-18-19-16(21(13)20-14)11-3-5-12(17)6-4-11/h3-8,22H,1-2H3/b15-9-. The topological polar surface area (TPSA) is 80.4 Å². The van der Waals surface area contributed by atoms with Gasteiger partial charge >= 0.3 is 0 Å². The second-order valence-electron chi connectivity index (χ2n) is 5.04. The minimum Gasteiger partial charge on any atom is -0.511 e. The molecule has 3 rings (SSSR count). The van der Waals surface area contributed by atoms with Crippen LogP contribution in [-0.4, -0.2) is 30.7 Å². The van der Waals surface area contributed by atoms with Crippen molar-refractivity contribution in [1.29, 1.82) is 0 Å². The lowest BCUT2D eigenvalue weighted by atomic mass is 10.2. The van der Waals surface area contributed by atoms with Gasteiger partial charge in [-0.3, -0.25) is 4.79 Å². The van der Waals surface area contributed by atoms with Crippen LogP contribution in [0.1, 0.15) is 13.8 Å². The third-order valence-corrected chi connectivity index (χ3v) is 4.41. The van der Waals surface area contributed by atoms with Crippen molar-refractivity contribution >= 4 is 23.2 Å². The Kier molecular flexibility index (Phi) is 4.30. The highest BCUT2D eigenvalue weighted by molar-refractivity contribution is 8.04. The zero-order chi connectivity index (χ0) is 17.3. The van der Waals surface area contributed by atoms with Crippen LogP contribution in [0.25, 0.3) is 17.0 Å². The first-order valence-corrected chi connectivity index (χ1v) is 7.84. The normalized spacial score (nSPS) is 12.3. The molecule has 1 aromatic carbocycles. The molecule has 0 spiro atoms. The molecule has 0 saturated heterocycles. The third-order valence-electron chi connectivity index (χ3n) is 3.20. The quantitative estimate of drug-likeness (QED) is 0.444. The van der Waals surface area contributed by atoms with Crippen molar-refractivity contribution in [2.45, 2.75) is 18.9 Å². The summed E-state index contributed by atoms with van der Waals surface area (Å²) in [4.78, 5) is 11.8. The second-order valence-corrected chi connectivity index (χ2v) is 6.08. The van der Waals surface area contributed by atoms with E-state index in [4.69, 9.17) is 0 Å². The van der Waals surface area contributed by atoms with Crippen molar-refractivity contribution in [3.05, 3.63) is 52.9 Å². The number of Topliss-reactive ketones (excluding diaryl/α,β-unsaturated/α-hetero) is 1. The molecular weight excluding hydrogens is 331 g/mol. The lowest BCUT2D eigenvalue weighted by Crippen LogP contribution is -2.00. The summed E-state index contributed by atoms with van der Waals surface area (Å²) < 4.78 is 14.6. The lowest BCUT2D eigenvalue weighted by Gasteiger charge is -2.05. The molecule has 0 amide bonds. The average Bonchev–Trinajstić information content (AvgIpc) is 2.96. The number of hydrogen-bond acceptors (Lipinski definition) is 6. The SMILES string of the molecule is CC(=O)/C(Sc1ccc2nnc(-c3ccc(F)cc3)n2n1)=C(\C)O. The highest BCUT2D eigenvalue weighted by Crippen LogP contribution is 2.28. The Labute approximate surface area is 141 Å². The van der Waals surface area contributed by atoms with E-state index in [0.717, 1.165) is 11.8 Å². The molecule has 0 radical (unpaired) electrons. The summed E-state index contributed by atoms with van der Waals surface area (Å²) in [6.07, 6.45) is 0. The number of allylic oxidation sites excluding steroid dienone is 2. The van der Waals surface area contributed by atoms with E-state index in [-0.39, 0.29) is 22.3 Å². The highest BCUT2D eigenvalue weighted by atomic mass is 32.2. The Morgan fingerprint density at radius 3 is 2.46 bits per heavy atom. The highest BCUT2D eigenvalue weighted by Gasteiger charge is 2.14. The number of thioether (sulfide) groups is 1. The fourth-order valence-electron chi connectivity index (χ4n) is 2.11. The summed E-state index contributed by atoms with van der Waals surface area (Å²) in [5.41, 5.74) is 1.19. The predicted octanol–water partition coefficient (Wildman–Crippen LogP) is 3.40. The summed E-state index contributed by atoms with van der Waals surface area (Å²) >= 11 is 1.06. The molecule has 0 unspecified atom stereocenters. The van der Waals surface area contributed by atoms with E-state index in [1.165, 1.54) is 30.5 Å². The molecule has 8 heteroatoms.